The lowest BCUT2D eigenvalue weighted by Crippen LogP contribution is -2.27. The van der Waals surface area contributed by atoms with E-state index in [9.17, 15) is 4.79 Å². The summed E-state index contributed by atoms with van der Waals surface area (Å²) >= 11 is 1.43. The normalized spacial score (nSPS) is 20.5. The monoisotopic (exact) mass is 422 g/mol. The van der Waals surface area contributed by atoms with Crippen LogP contribution < -0.4 is 21.4 Å². The van der Waals surface area contributed by atoms with Gasteiger partial charge in [0.05, 0.1) is 11.2 Å². The Morgan fingerprint density at radius 2 is 1.19 bits per heavy atom. The number of H-pyrrole nitrogens is 4. The first-order valence-corrected chi connectivity index (χ1v) is 11.2. The number of aromatic amines is 4. The summed E-state index contributed by atoms with van der Waals surface area (Å²) in [5.74, 6) is -0.192. The van der Waals surface area contributed by atoms with Crippen molar-refractivity contribution in [2.24, 2.45) is 0 Å². The number of thioether (sulfide) groups is 1. The van der Waals surface area contributed by atoms with E-state index in [1.54, 1.807) is 0 Å². The van der Waals surface area contributed by atoms with E-state index in [2.05, 4.69) is 92.8 Å². The summed E-state index contributed by atoms with van der Waals surface area (Å²) < 4.78 is 0. The van der Waals surface area contributed by atoms with Crippen LogP contribution in [0.3, 0.4) is 0 Å². The highest BCUT2D eigenvalue weighted by atomic mass is 32.2. The number of hydrogen-bond donors (Lipinski definition) is 4. The van der Waals surface area contributed by atoms with Gasteiger partial charge in [0.25, 0.3) is 0 Å². The molecule has 2 atom stereocenters. The van der Waals surface area contributed by atoms with Crippen LogP contribution in [0.1, 0.15) is 45.1 Å². The van der Waals surface area contributed by atoms with Crippen molar-refractivity contribution in [3.63, 3.8) is 0 Å². The van der Waals surface area contributed by atoms with E-state index < -0.39 is 0 Å². The van der Waals surface area contributed by atoms with E-state index in [0.29, 0.717) is 0 Å². The summed E-state index contributed by atoms with van der Waals surface area (Å²) in [6.07, 6.45) is 12.7. The first-order valence-electron chi connectivity index (χ1n) is 10.3. The van der Waals surface area contributed by atoms with Gasteiger partial charge in [0.15, 0.2) is 0 Å². The highest BCUT2D eigenvalue weighted by Gasteiger charge is 2.38. The first-order chi connectivity index (χ1) is 15.2. The van der Waals surface area contributed by atoms with Crippen molar-refractivity contribution in [2.45, 2.75) is 11.2 Å². The minimum absolute atomic E-state index is 0.0600. The van der Waals surface area contributed by atoms with Crippen LogP contribution in [-0.2, 0) is 4.79 Å². The standard InChI is InChI=1S/C25H18N4OS/c30-25-19-7-8-22(31-25)24-21-12-18-6-4-16(28-18)10-14-2-1-13(26-14)9-15-3-5-17(27-15)11-20(29-21)23(19)24/h1-12,19,22,26-29H. The number of carbonyl (C=O) groups excluding carboxylic acids is 1. The van der Waals surface area contributed by atoms with Crippen LogP contribution in [0, 0.1) is 0 Å². The maximum atomic E-state index is 12.6. The maximum Gasteiger partial charge on any atom is 0.201 e. The summed E-state index contributed by atoms with van der Waals surface area (Å²) in [4.78, 5) is 26.6. The van der Waals surface area contributed by atoms with Crippen molar-refractivity contribution in [1.29, 1.82) is 0 Å². The minimum atomic E-state index is -0.192. The Kier molecular flexibility index (Phi) is 3.41. The van der Waals surface area contributed by atoms with Gasteiger partial charge in [0.1, 0.15) is 0 Å². The summed E-state index contributed by atoms with van der Waals surface area (Å²) in [6.45, 7) is 0. The summed E-state index contributed by atoms with van der Waals surface area (Å²) in [5.41, 5.74) is 6.41. The molecular formula is C25H18N4OS. The average molecular weight is 423 g/mol. The van der Waals surface area contributed by atoms with Crippen molar-refractivity contribution < 1.29 is 4.79 Å². The molecule has 0 saturated heterocycles. The predicted octanol–water partition coefficient (Wildman–Crippen LogP) is 1.60. The molecule has 0 fully saturated rings. The minimum Gasteiger partial charge on any atom is -0.355 e. The topological polar surface area (TPSA) is 80.2 Å². The third-order valence-electron chi connectivity index (χ3n) is 6.13. The molecule has 0 aromatic carbocycles. The molecule has 1 aliphatic carbocycles. The van der Waals surface area contributed by atoms with Gasteiger partial charge >= 0.3 is 0 Å². The Hall–Kier alpha value is -3.64. The number of nitrogens with one attached hydrogen (secondary N) is 4. The number of hydrogen-bond acceptors (Lipinski definition) is 2. The first kappa shape index (κ1) is 17.1. The number of allylic oxidation sites excluding steroid dienone is 1. The summed E-state index contributed by atoms with van der Waals surface area (Å²) in [5, 5.41) is 4.42. The second kappa shape index (κ2) is 6.18. The molecule has 0 amide bonds. The van der Waals surface area contributed by atoms with E-state index in [0.717, 1.165) is 49.7 Å². The molecule has 6 heteroatoms. The van der Waals surface area contributed by atoms with Gasteiger partial charge < -0.3 is 19.9 Å². The van der Waals surface area contributed by atoms with Gasteiger partial charge in [-0.25, -0.2) is 0 Å². The van der Waals surface area contributed by atoms with E-state index in [4.69, 9.17) is 0 Å². The fourth-order valence-corrected chi connectivity index (χ4v) is 5.91. The Balaban J connectivity index is 1.56. The Morgan fingerprint density at radius 1 is 0.613 bits per heavy atom. The fourth-order valence-electron chi connectivity index (χ4n) is 4.78. The van der Waals surface area contributed by atoms with E-state index in [-0.39, 0.29) is 16.3 Å². The van der Waals surface area contributed by atoms with Crippen LogP contribution in [-0.4, -0.2) is 25.1 Å². The molecule has 0 saturated carbocycles. The van der Waals surface area contributed by atoms with Crippen LogP contribution >= 0.6 is 11.8 Å². The van der Waals surface area contributed by atoms with Crippen LogP contribution in [0.2, 0.25) is 0 Å². The van der Waals surface area contributed by atoms with Crippen molar-refractivity contribution in [2.75, 3.05) is 0 Å². The SMILES string of the molecule is O=C1SC2C=CC1c1c2c2[nH]c1=Cc1ccc([nH]1)C=c1ccc([nH]1)=Cc1ccc([nH]1)C=2. The van der Waals surface area contributed by atoms with Gasteiger partial charge in [-0.2, -0.15) is 0 Å². The van der Waals surface area contributed by atoms with Gasteiger partial charge in [-0.1, -0.05) is 23.9 Å². The van der Waals surface area contributed by atoms with Crippen molar-refractivity contribution in [3.05, 3.63) is 104 Å². The van der Waals surface area contributed by atoms with Gasteiger partial charge in [-0.05, 0) is 71.8 Å². The van der Waals surface area contributed by atoms with Gasteiger partial charge in [0, 0.05) is 44.2 Å². The third-order valence-corrected chi connectivity index (χ3v) is 7.26. The van der Waals surface area contributed by atoms with Crippen molar-refractivity contribution in [1.82, 2.24) is 19.9 Å². The highest BCUT2D eigenvalue weighted by Crippen LogP contribution is 2.46. The van der Waals surface area contributed by atoms with Crippen LogP contribution in [0.4, 0.5) is 0 Å². The Labute approximate surface area is 181 Å². The number of fused-ring (bicyclic) bond motifs is 9. The predicted molar refractivity (Wildman–Crippen MR) is 123 cm³/mol. The van der Waals surface area contributed by atoms with E-state index in [1.807, 2.05) is 0 Å². The molecule has 7 heterocycles. The largest absolute Gasteiger partial charge is 0.355 e. The molecule has 4 aliphatic rings. The zero-order valence-electron chi connectivity index (χ0n) is 16.4. The van der Waals surface area contributed by atoms with Gasteiger partial charge in [-0.3, -0.25) is 4.79 Å². The maximum absolute atomic E-state index is 12.6. The molecular weight excluding hydrogens is 404 g/mol. The van der Waals surface area contributed by atoms with Crippen molar-refractivity contribution in [3.8, 4) is 0 Å². The van der Waals surface area contributed by atoms with E-state index >= 15 is 0 Å². The van der Waals surface area contributed by atoms with Crippen LogP contribution in [0.5, 0.6) is 0 Å². The molecule has 150 valence electrons. The second-order valence-electron chi connectivity index (χ2n) is 8.18. The number of aromatic nitrogens is 4. The Bertz CT molecular complexity index is 1660. The molecule has 0 radical (unpaired) electrons. The number of carbonyl (C=O) groups is 1. The van der Waals surface area contributed by atoms with E-state index in [1.165, 1.54) is 17.3 Å². The average Bonchev–Trinajstić information content (AvgIpc) is 3.53. The highest BCUT2D eigenvalue weighted by molar-refractivity contribution is 8.14. The van der Waals surface area contributed by atoms with Crippen LogP contribution in [0.25, 0.3) is 24.3 Å². The number of rotatable bonds is 0. The second-order valence-corrected chi connectivity index (χ2v) is 9.33. The lowest BCUT2D eigenvalue weighted by molar-refractivity contribution is -0.111. The third kappa shape index (κ3) is 2.68. The molecule has 2 unspecified atom stereocenters. The lowest BCUT2D eigenvalue weighted by atomic mass is 9.89. The molecule has 5 nitrogen and oxygen atoms in total. The molecule has 4 aromatic rings. The molecule has 4 N–H and O–H groups in total. The molecule has 8 rings (SSSR count). The molecule has 0 spiro atoms. The molecule has 31 heavy (non-hydrogen) atoms. The van der Waals surface area contributed by atoms with Gasteiger partial charge in [-0.15, -0.1) is 0 Å². The molecule has 3 aliphatic heterocycles. The van der Waals surface area contributed by atoms with Crippen LogP contribution in [0.15, 0.2) is 48.6 Å². The molecule has 10 bridgehead atoms. The quantitative estimate of drug-likeness (QED) is 0.286. The van der Waals surface area contributed by atoms with Gasteiger partial charge in [0.2, 0.25) is 5.12 Å². The smallest absolute Gasteiger partial charge is 0.201 e. The summed E-state index contributed by atoms with van der Waals surface area (Å²) in [6, 6.07) is 12.5. The zero-order valence-corrected chi connectivity index (χ0v) is 17.2. The van der Waals surface area contributed by atoms with Crippen molar-refractivity contribution >= 4 is 41.2 Å². The lowest BCUT2D eigenvalue weighted by Gasteiger charge is -2.29. The summed E-state index contributed by atoms with van der Waals surface area (Å²) in [7, 11) is 0. The zero-order chi connectivity index (χ0) is 20.5. The Morgan fingerprint density at radius 3 is 1.81 bits per heavy atom. The fraction of sp³-hybridized carbons (Fsp3) is 0.0800. The molecule has 4 aromatic heterocycles.